The quantitative estimate of drug-likeness (QED) is 0.287. The highest BCUT2D eigenvalue weighted by atomic mass is 19.1. The molecule has 4 N–H and O–H groups in total. The standard InChI is InChI=1S/C11H13FN6O6/c12-7-8(22)11(4-19,16-17-13)24-9(7)18-2-1-5(15-10(18)23)14-3-6(20)21/h1-2,7-9,19,22H,3-4H2,(H,20,21)(H,14,15,23)/t7-,8-,9+,11+/m0/s1. The van der Waals surface area contributed by atoms with Crippen LogP contribution in [-0.4, -0.2) is 62.0 Å². The monoisotopic (exact) mass is 344 g/mol. The predicted octanol–water partition coefficient (Wildman–Crippen LogP) is -1.03. The van der Waals surface area contributed by atoms with Crippen molar-refractivity contribution in [2.75, 3.05) is 18.5 Å². The third kappa shape index (κ3) is 3.14. The van der Waals surface area contributed by atoms with Gasteiger partial charge in [0.2, 0.25) is 5.72 Å². The molecule has 24 heavy (non-hydrogen) atoms. The van der Waals surface area contributed by atoms with Crippen LogP contribution in [0.4, 0.5) is 10.2 Å². The Kier molecular flexibility index (Phi) is 4.99. The lowest BCUT2D eigenvalue weighted by molar-refractivity contribution is -0.134. The molecule has 13 heteroatoms. The first kappa shape index (κ1) is 17.6. The molecule has 1 aromatic heterocycles. The molecule has 0 aromatic carbocycles. The van der Waals surface area contributed by atoms with Crippen LogP contribution in [-0.2, 0) is 9.53 Å². The summed E-state index contributed by atoms with van der Waals surface area (Å²) in [6.07, 6.45) is -4.81. The second-order valence-electron chi connectivity index (χ2n) is 4.84. The number of carbonyl (C=O) groups is 1. The smallest absolute Gasteiger partial charge is 0.351 e. The summed E-state index contributed by atoms with van der Waals surface area (Å²) in [4.78, 5) is 28.3. The molecule has 1 saturated heterocycles. The third-order valence-electron chi connectivity index (χ3n) is 3.33. The molecule has 2 rings (SSSR count). The van der Waals surface area contributed by atoms with Crippen LogP contribution in [0.3, 0.4) is 0 Å². The number of hydrogen-bond donors (Lipinski definition) is 4. The van der Waals surface area contributed by atoms with Gasteiger partial charge in [0, 0.05) is 11.1 Å². The van der Waals surface area contributed by atoms with Gasteiger partial charge in [-0.15, -0.1) is 0 Å². The van der Waals surface area contributed by atoms with Crippen molar-refractivity contribution in [2.45, 2.75) is 24.2 Å². The Labute approximate surface area is 132 Å². The van der Waals surface area contributed by atoms with Crippen molar-refractivity contribution in [1.29, 1.82) is 0 Å². The molecule has 12 nitrogen and oxygen atoms in total. The van der Waals surface area contributed by atoms with Gasteiger partial charge in [-0.3, -0.25) is 9.36 Å². The van der Waals surface area contributed by atoms with E-state index in [0.29, 0.717) is 4.57 Å². The summed E-state index contributed by atoms with van der Waals surface area (Å²) in [6.45, 7) is -1.49. The number of nitrogens with one attached hydrogen (secondary N) is 1. The summed E-state index contributed by atoms with van der Waals surface area (Å²) in [6, 6.07) is 1.19. The van der Waals surface area contributed by atoms with Crippen molar-refractivity contribution < 1.29 is 29.2 Å². The second-order valence-corrected chi connectivity index (χ2v) is 4.84. The summed E-state index contributed by atoms with van der Waals surface area (Å²) in [5.74, 6) is -1.23. The molecular formula is C11H13FN6O6. The fourth-order valence-corrected chi connectivity index (χ4v) is 2.15. The number of alkyl halides is 1. The van der Waals surface area contributed by atoms with E-state index < -0.39 is 49.0 Å². The molecule has 0 unspecified atom stereocenters. The van der Waals surface area contributed by atoms with E-state index in [9.17, 15) is 24.2 Å². The maximum absolute atomic E-state index is 14.3. The molecular weight excluding hydrogens is 331 g/mol. The number of anilines is 1. The Morgan fingerprint density at radius 2 is 2.38 bits per heavy atom. The molecule has 0 amide bonds. The maximum atomic E-state index is 14.3. The van der Waals surface area contributed by atoms with E-state index >= 15 is 0 Å². The Balaban J connectivity index is 2.30. The minimum atomic E-state index is -2.27. The van der Waals surface area contributed by atoms with E-state index in [-0.39, 0.29) is 5.82 Å². The Morgan fingerprint density at radius 1 is 1.67 bits per heavy atom. The molecule has 1 fully saturated rings. The van der Waals surface area contributed by atoms with Gasteiger partial charge in [0.15, 0.2) is 12.4 Å². The van der Waals surface area contributed by atoms with Gasteiger partial charge in [0.25, 0.3) is 0 Å². The predicted molar refractivity (Wildman–Crippen MR) is 74.6 cm³/mol. The summed E-state index contributed by atoms with van der Waals surface area (Å²) in [5, 5.41) is 33.0. The van der Waals surface area contributed by atoms with Crippen LogP contribution in [0.25, 0.3) is 10.4 Å². The van der Waals surface area contributed by atoms with E-state index in [2.05, 4.69) is 20.3 Å². The molecule has 1 aliphatic heterocycles. The fraction of sp³-hybridized carbons (Fsp3) is 0.545. The largest absolute Gasteiger partial charge is 0.480 e. The molecule has 1 aromatic rings. The number of carboxylic acids is 1. The number of aliphatic hydroxyl groups is 2. The zero-order valence-electron chi connectivity index (χ0n) is 12.0. The van der Waals surface area contributed by atoms with E-state index in [1.165, 1.54) is 6.07 Å². The SMILES string of the molecule is [N-]=[N+]=N[C@]1(CO)O[C@@H](n2ccc(NCC(=O)O)nc2=O)[C@@H](F)[C@@H]1O. The van der Waals surface area contributed by atoms with E-state index in [4.69, 9.17) is 15.4 Å². The average Bonchev–Trinajstić information content (AvgIpc) is 2.79. The molecule has 4 atom stereocenters. The van der Waals surface area contributed by atoms with Gasteiger partial charge >= 0.3 is 11.7 Å². The van der Waals surface area contributed by atoms with Crippen molar-refractivity contribution >= 4 is 11.8 Å². The fourth-order valence-electron chi connectivity index (χ4n) is 2.15. The topological polar surface area (TPSA) is 183 Å². The van der Waals surface area contributed by atoms with Gasteiger partial charge in [-0.05, 0) is 11.6 Å². The van der Waals surface area contributed by atoms with Crippen LogP contribution in [0, 0.1) is 0 Å². The number of azide groups is 1. The van der Waals surface area contributed by atoms with Gasteiger partial charge in [-0.1, -0.05) is 5.11 Å². The lowest BCUT2D eigenvalue weighted by Crippen LogP contribution is -2.43. The van der Waals surface area contributed by atoms with Crippen LogP contribution < -0.4 is 11.0 Å². The van der Waals surface area contributed by atoms with Crippen LogP contribution in [0.1, 0.15) is 6.23 Å². The van der Waals surface area contributed by atoms with Gasteiger partial charge in [0.1, 0.15) is 18.5 Å². The lowest BCUT2D eigenvalue weighted by Gasteiger charge is -2.23. The first-order valence-corrected chi connectivity index (χ1v) is 6.56. The normalized spacial score (nSPS) is 29.0. The summed E-state index contributed by atoms with van der Waals surface area (Å²) in [5.41, 5.74) is 5.21. The van der Waals surface area contributed by atoms with E-state index in [1.54, 1.807) is 0 Å². The minimum absolute atomic E-state index is 0.0592. The van der Waals surface area contributed by atoms with Crippen LogP contribution in [0.15, 0.2) is 22.2 Å². The molecule has 0 radical (unpaired) electrons. The first-order chi connectivity index (χ1) is 11.3. The number of aliphatic carboxylic acids is 1. The number of aromatic nitrogens is 2. The third-order valence-corrected chi connectivity index (χ3v) is 3.33. The second kappa shape index (κ2) is 6.80. The average molecular weight is 344 g/mol. The summed E-state index contributed by atoms with van der Waals surface area (Å²) >= 11 is 0. The first-order valence-electron chi connectivity index (χ1n) is 6.56. The van der Waals surface area contributed by atoms with Crippen molar-refractivity contribution in [3.05, 3.63) is 33.2 Å². The van der Waals surface area contributed by atoms with E-state index in [0.717, 1.165) is 6.20 Å². The molecule has 0 bridgehead atoms. The van der Waals surface area contributed by atoms with E-state index in [1.807, 2.05) is 0 Å². The highest BCUT2D eigenvalue weighted by molar-refractivity contribution is 5.72. The number of rotatable bonds is 6. The van der Waals surface area contributed by atoms with Gasteiger partial charge < -0.3 is 25.4 Å². The number of carboxylic acid groups (broad SMARTS) is 1. The molecule has 0 spiro atoms. The maximum Gasteiger partial charge on any atom is 0.351 e. The number of ether oxygens (including phenoxy) is 1. The Hall–Kier alpha value is -2.73. The number of nitrogens with zero attached hydrogens (tertiary/aromatic N) is 5. The van der Waals surface area contributed by atoms with Crippen molar-refractivity contribution in [1.82, 2.24) is 9.55 Å². The molecule has 0 saturated carbocycles. The minimum Gasteiger partial charge on any atom is -0.480 e. The van der Waals surface area contributed by atoms with Crippen molar-refractivity contribution in [2.24, 2.45) is 5.11 Å². The Bertz CT molecular complexity index is 736. The van der Waals surface area contributed by atoms with Crippen molar-refractivity contribution in [3.8, 4) is 0 Å². The summed E-state index contributed by atoms with van der Waals surface area (Å²) < 4.78 is 20.0. The van der Waals surface area contributed by atoms with Gasteiger partial charge in [-0.2, -0.15) is 4.98 Å². The summed E-state index contributed by atoms with van der Waals surface area (Å²) in [7, 11) is 0. The Morgan fingerprint density at radius 3 is 2.92 bits per heavy atom. The zero-order chi connectivity index (χ0) is 17.9. The molecule has 0 aliphatic carbocycles. The van der Waals surface area contributed by atoms with Crippen LogP contribution in [0.2, 0.25) is 0 Å². The number of hydrogen-bond acceptors (Lipinski definition) is 8. The van der Waals surface area contributed by atoms with Gasteiger partial charge in [0.05, 0.1) is 6.61 Å². The molecule has 130 valence electrons. The zero-order valence-corrected chi connectivity index (χ0v) is 12.0. The lowest BCUT2D eigenvalue weighted by atomic mass is 10.1. The molecule has 1 aliphatic rings. The van der Waals surface area contributed by atoms with Gasteiger partial charge in [-0.25, -0.2) is 9.18 Å². The van der Waals surface area contributed by atoms with Crippen molar-refractivity contribution in [3.63, 3.8) is 0 Å². The number of aliphatic hydroxyl groups excluding tert-OH is 2. The highest BCUT2D eigenvalue weighted by Gasteiger charge is 2.56. The van der Waals surface area contributed by atoms with Crippen LogP contribution in [0.5, 0.6) is 0 Å². The van der Waals surface area contributed by atoms with Crippen LogP contribution >= 0.6 is 0 Å². The highest BCUT2D eigenvalue weighted by Crippen LogP contribution is 2.39. The molecule has 2 heterocycles. The number of halogens is 1.